The average molecular weight is 379 g/mol. The smallest absolute Gasteiger partial charge is 0.213 e. The van der Waals surface area contributed by atoms with Gasteiger partial charge < -0.3 is 5.32 Å². The van der Waals surface area contributed by atoms with Crippen LogP contribution >= 0.6 is 15.9 Å². The van der Waals surface area contributed by atoms with Crippen LogP contribution in [0.25, 0.3) is 0 Å². The summed E-state index contributed by atoms with van der Waals surface area (Å²) in [6.07, 6.45) is 1.61. The van der Waals surface area contributed by atoms with Crippen LogP contribution in [0.3, 0.4) is 0 Å². The van der Waals surface area contributed by atoms with E-state index >= 15 is 0 Å². The minimum atomic E-state index is -3.07. The highest BCUT2D eigenvalue weighted by molar-refractivity contribution is 9.10. The molecule has 118 valence electrons. The summed E-state index contributed by atoms with van der Waals surface area (Å²) in [6, 6.07) is 4.94. The van der Waals surface area contributed by atoms with Crippen LogP contribution in [0.5, 0.6) is 0 Å². The number of hydrogen-bond donors (Lipinski definition) is 1. The molecule has 4 nitrogen and oxygen atoms in total. The fourth-order valence-electron chi connectivity index (χ4n) is 2.44. The monoisotopic (exact) mass is 378 g/mol. The van der Waals surface area contributed by atoms with Gasteiger partial charge in [-0.2, -0.15) is 0 Å². The van der Waals surface area contributed by atoms with Crippen LogP contribution in [0, 0.1) is 5.82 Å². The lowest BCUT2D eigenvalue weighted by Gasteiger charge is -2.31. The van der Waals surface area contributed by atoms with Crippen LogP contribution in [0.1, 0.15) is 25.3 Å². The Morgan fingerprint density at radius 1 is 1.38 bits per heavy atom. The molecule has 1 fully saturated rings. The second-order valence-corrected chi connectivity index (χ2v) is 8.30. The molecule has 1 N–H and O–H groups in total. The minimum Gasteiger partial charge on any atom is -0.310 e. The molecule has 1 saturated heterocycles. The Morgan fingerprint density at radius 3 is 2.62 bits per heavy atom. The van der Waals surface area contributed by atoms with Crippen molar-refractivity contribution in [2.24, 2.45) is 0 Å². The van der Waals surface area contributed by atoms with Gasteiger partial charge >= 0.3 is 0 Å². The molecule has 21 heavy (non-hydrogen) atoms. The molecule has 0 aliphatic carbocycles. The summed E-state index contributed by atoms with van der Waals surface area (Å²) in [4.78, 5) is 0. The van der Waals surface area contributed by atoms with Gasteiger partial charge in [0.25, 0.3) is 0 Å². The van der Waals surface area contributed by atoms with Crippen molar-refractivity contribution in [3.8, 4) is 0 Å². The zero-order chi connectivity index (χ0) is 15.5. The first-order valence-electron chi connectivity index (χ1n) is 7.07. The quantitative estimate of drug-likeness (QED) is 0.855. The molecule has 0 spiro atoms. The topological polar surface area (TPSA) is 49.4 Å². The standard InChI is InChI=1S/C14H20BrFN2O2S/c1-2-21(19,20)18-7-5-13(6-8-18)17-10-11-3-4-12(16)9-14(11)15/h3-4,9,13,17H,2,5-8,10H2,1H3. The Balaban J connectivity index is 1.84. The van der Waals surface area contributed by atoms with Gasteiger partial charge in [-0.15, -0.1) is 0 Å². The highest BCUT2D eigenvalue weighted by atomic mass is 79.9. The number of hydrogen-bond acceptors (Lipinski definition) is 3. The SMILES string of the molecule is CCS(=O)(=O)N1CCC(NCc2ccc(F)cc2Br)CC1. The summed E-state index contributed by atoms with van der Waals surface area (Å²) in [6.45, 7) is 3.45. The van der Waals surface area contributed by atoms with Crippen LogP contribution < -0.4 is 5.32 Å². The number of nitrogens with one attached hydrogen (secondary N) is 1. The molecule has 0 radical (unpaired) electrons. The van der Waals surface area contributed by atoms with Crippen LogP contribution in [0.4, 0.5) is 4.39 Å². The van der Waals surface area contributed by atoms with Crippen LogP contribution in [0.2, 0.25) is 0 Å². The summed E-state index contributed by atoms with van der Waals surface area (Å²) in [5.41, 5.74) is 1.00. The van der Waals surface area contributed by atoms with Crippen molar-refractivity contribution < 1.29 is 12.8 Å². The van der Waals surface area contributed by atoms with Gasteiger partial charge in [0.2, 0.25) is 10.0 Å². The summed E-state index contributed by atoms with van der Waals surface area (Å²) in [7, 11) is -3.07. The third kappa shape index (κ3) is 4.48. The Kier molecular flexibility index (Phi) is 5.76. The van der Waals surface area contributed by atoms with E-state index in [-0.39, 0.29) is 11.6 Å². The van der Waals surface area contributed by atoms with Crippen molar-refractivity contribution in [2.75, 3.05) is 18.8 Å². The van der Waals surface area contributed by atoms with Crippen molar-refractivity contribution in [1.29, 1.82) is 0 Å². The van der Waals surface area contributed by atoms with Gasteiger partial charge in [-0.3, -0.25) is 0 Å². The predicted octanol–water partition coefficient (Wildman–Crippen LogP) is 2.49. The van der Waals surface area contributed by atoms with Crippen molar-refractivity contribution >= 4 is 26.0 Å². The summed E-state index contributed by atoms with van der Waals surface area (Å²) >= 11 is 3.35. The van der Waals surface area contributed by atoms with Gasteiger partial charge in [-0.25, -0.2) is 17.1 Å². The molecule has 0 unspecified atom stereocenters. The van der Waals surface area contributed by atoms with Gasteiger partial charge in [0.05, 0.1) is 5.75 Å². The second kappa shape index (κ2) is 7.17. The molecule has 2 rings (SSSR count). The molecular weight excluding hydrogens is 359 g/mol. The van der Waals surface area contributed by atoms with E-state index < -0.39 is 10.0 Å². The first-order valence-corrected chi connectivity index (χ1v) is 9.47. The zero-order valence-corrected chi connectivity index (χ0v) is 14.4. The van der Waals surface area contributed by atoms with Crippen molar-refractivity contribution in [1.82, 2.24) is 9.62 Å². The lowest BCUT2D eigenvalue weighted by atomic mass is 10.1. The fourth-order valence-corrected chi connectivity index (χ4v) is 4.06. The van der Waals surface area contributed by atoms with E-state index in [1.807, 2.05) is 0 Å². The Morgan fingerprint density at radius 2 is 2.05 bits per heavy atom. The van der Waals surface area contributed by atoms with E-state index in [9.17, 15) is 12.8 Å². The molecule has 0 aromatic heterocycles. The summed E-state index contributed by atoms with van der Waals surface area (Å²) < 4.78 is 38.9. The molecule has 0 amide bonds. The predicted molar refractivity (Wildman–Crippen MR) is 85.0 cm³/mol. The van der Waals surface area contributed by atoms with Crippen molar-refractivity contribution in [2.45, 2.75) is 32.4 Å². The Bertz CT molecular complexity index is 587. The number of rotatable bonds is 5. The van der Waals surface area contributed by atoms with Crippen LogP contribution in [-0.2, 0) is 16.6 Å². The van der Waals surface area contributed by atoms with Crippen molar-refractivity contribution in [3.05, 3.63) is 34.1 Å². The van der Waals surface area contributed by atoms with E-state index in [0.717, 1.165) is 22.9 Å². The Labute approximate surface area is 133 Å². The summed E-state index contributed by atoms with van der Waals surface area (Å²) in [5, 5.41) is 3.41. The van der Waals surface area contributed by atoms with Crippen molar-refractivity contribution in [3.63, 3.8) is 0 Å². The molecule has 7 heteroatoms. The molecule has 1 aliphatic heterocycles. The number of benzene rings is 1. The average Bonchev–Trinajstić information content (AvgIpc) is 2.47. The molecule has 1 aliphatic rings. The van der Waals surface area contributed by atoms with Gasteiger partial charge in [0.15, 0.2) is 0 Å². The maximum atomic E-state index is 13.0. The van der Waals surface area contributed by atoms with Gasteiger partial charge in [0.1, 0.15) is 5.82 Å². The maximum Gasteiger partial charge on any atom is 0.213 e. The minimum absolute atomic E-state index is 0.160. The molecule has 0 saturated carbocycles. The lowest BCUT2D eigenvalue weighted by molar-refractivity contribution is 0.289. The van der Waals surface area contributed by atoms with E-state index in [1.54, 1.807) is 17.3 Å². The van der Waals surface area contributed by atoms with E-state index in [2.05, 4.69) is 21.2 Å². The first-order chi connectivity index (χ1) is 9.92. The van der Waals surface area contributed by atoms with Crippen LogP contribution in [-0.4, -0.2) is 37.6 Å². The van der Waals surface area contributed by atoms with E-state index in [4.69, 9.17) is 0 Å². The third-order valence-corrected chi connectivity index (χ3v) is 6.43. The third-order valence-electron chi connectivity index (χ3n) is 3.81. The molecular formula is C14H20BrFN2O2S. The van der Waals surface area contributed by atoms with Crippen LogP contribution in [0.15, 0.2) is 22.7 Å². The largest absolute Gasteiger partial charge is 0.310 e. The van der Waals surface area contributed by atoms with E-state index in [0.29, 0.717) is 25.7 Å². The fraction of sp³-hybridized carbons (Fsp3) is 0.571. The highest BCUT2D eigenvalue weighted by Gasteiger charge is 2.26. The number of piperidine rings is 1. The number of halogens is 2. The molecule has 1 aromatic carbocycles. The normalized spacial score (nSPS) is 18.0. The molecule has 1 heterocycles. The van der Waals surface area contributed by atoms with Gasteiger partial charge in [-0.05, 0) is 37.5 Å². The zero-order valence-electron chi connectivity index (χ0n) is 12.0. The molecule has 0 atom stereocenters. The molecule has 0 bridgehead atoms. The van der Waals surface area contributed by atoms with Gasteiger partial charge in [0, 0.05) is 30.1 Å². The van der Waals surface area contributed by atoms with E-state index in [1.165, 1.54) is 12.1 Å². The second-order valence-electron chi connectivity index (χ2n) is 5.19. The molecule has 1 aromatic rings. The summed E-state index contributed by atoms with van der Waals surface area (Å²) in [5.74, 6) is -0.100. The highest BCUT2D eigenvalue weighted by Crippen LogP contribution is 2.19. The van der Waals surface area contributed by atoms with Gasteiger partial charge in [-0.1, -0.05) is 22.0 Å². The number of nitrogens with zero attached hydrogens (tertiary/aromatic N) is 1. The lowest BCUT2D eigenvalue weighted by Crippen LogP contribution is -2.45. The number of sulfonamides is 1. The first kappa shape index (κ1) is 16.9. The Hall–Kier alpha value is -0.500. The maximum absolute atomic E-state index is 13.0.